The number of rotatable bonds is 3. The van der Waals surface area contributed by atoms with Crippen LogP contribution in [0.25, 0.3) is 0 Å². The Morgan fingerprint density at radius 2 is 2.00 bits per heavy atom. The van der Waals surface area contributed by atoms with Crippen molar-refractivity contribution in [2.24, 2.45) is 5.73 Å². The van der Waals surface area contributed by atoms with Crippen molar-refractivity contribution in [3.8, 4) is 5.75 Å². The Balaban J connectivity index is 2.09. The van der Waals surface area contributed by atoms with Gasteiger partial charge in [-0.15, -0.1) is 0 Å². The lowest BCUT2D eigenvalue weighted by Crippen LogP contribution is -2.27. The first-order chi connectivity index (χ1) is 7.70. The molecule has 0 saturated carbocycles. The highest BCUT2D eigenvalue weighted by Crippen LogP contribution is 2.26. The third-order valence-electron chi connectivity index (χ3n) is 3.17. The van der Waals surface area contributed by atoms with Crippen LogP contribution in [0.15, 0.2) is 24.3 Å². The molecule has 0 amide bonds. The zero-order valence-electron chi connectivity index (χ0n) is 10.0. The first-order valence-corrected chi connectivity index (χ1v) is 5.87. The minimum Gasteiger partial charge on any atom is -0.494 e. The second kappa shape index (κ2) is 4.85. The molecule has 1 fully saturated rings. The summed E-state index contributed by atoms with van der Waals surface area (Å²) < 4.78 is 5.43. The largest absolute Gasteiger partial charge is 0.494 e. The van der Waals surface area contributed by atoms with Crippen LogP contribution < -0.4 is 10.5 Å². The molecule has 16 heavy (non-hydrogen) atoms. The highest BCUT2D eigenvalue weighted by Gasteiger charge is 2.28. The number of likely N-dealkylation sites (N-methyl/N-ethyl adjacent to an activating group) is 1. The zero-order valence-corrected chi connectivity index (χ0v) is 10.0. The quantitative estimate of drug-likeness (QED) is 0.837. The van der Waals surface area contributed by atoms with Crippen LogP contribution in [0.1, 0.15) is 18.4 Å². The number of hydrogen-bond acceptors (Lipinski definition) is 3. The lowest BCUT2D eigenvalue weighted by Gasteiger charge is -2.15. The van der Waals surface area contributed by atoms with Crippen molar-refractivity contribution in [1.29, 1.82) is 0 Å². The van der Waals surface area contributed by atoms with E-state index in [4.69, 9.17) is 10.5 Å². The van der Waals surface area contributed by atoms with Gasteiger partial charge >= 0.3 is 0 Å². The van der Waals surface area contributed by atoms with Crippen LogP contribution in [-0.4, -0.2) is 37.7 Å². The van der Waals surface area contributed by atoms with Crippen LogP contribution in [-0.2, 0) is 0 Å². The summed E-state index contributed by atoms with van der Waals surface area (Å²) in [4.78, 5) is 2.28. The summed E-state index contributed by atoms with van der Waals surface area (Å²) in [6.45, 7) is 4.74. The van der Waals surface area contributed by atoms with E-state index in [0.29, 0.717) is 12.5 Å². The molecule has 0 spiro atoms. The minimum atomic E-state index is 0.253. The van der Waals surface area contributed by atoms with Gasteiger partial charge in [0.15, 0.2) is 0 Å². The normalized spacial score (nSPS) is 25.9. The Bertz CT molecular complexity index is 336. The monoisotopic (exact) mass is 220 g/mol. The molecule has 1 saturated heterocycles. The van der Waals surface area contributed by atoms with Crippen LogP contribution in [0.4, 0.5) is 0 Å². The number of hydrogen-bond donors (Lipinski definition) is 1. The molecule has 0 radical (unpaired) electrons. The topological polar surface area (TPSA) is 38.5 Å². The van der Waals surface area contributed by atoms with Crippen LogP contribution >= 0.6 is 0 Å². The van der Waals surface area contributed by atoms with Crippen molar-refractivity contribution in [2.45, 2.75) is 18.9 Å². The van der Waals surface area contributed by atoms with Gasteiger partial charge in [0.05, 0.1) is 6.61 Å². The number of benzene rings is 1. The molecule has 0 unspecified atom stereocenters. The van der Waals surface area contributed by atoms with Gasteiger partial charge in [-0.25, -0.2) is 0 Å². The molecule has 0 aliphatic carbocycles. The zero-order chi connectivity index (χ0) is 11.5. The molecule has 1 heterocycles. The van der Waals surface area contributed by atoms with E-state index < -0.39 is 0 Å². The minimum absolute atomic E-state index is 0.253. The Hall–Kier alpha value is -1.06. The summed E-state index contributed by atoms with van der Waals surface area (Å²) in [6, 6.07) is 8.58. The molecular weight excluding hydrogens is 200 g/mol. The molecule has 1 aliphatic heterocycles. The molecule has 0 bridgehead atoms. The smallest absolute Gasteiger partial charge is 0.119 e. The summed E-state index contributed by atoms with van der Waals surface area (Å²) in [5.41, 5.74) is 7.44. The molecule has 1 aliphatic rings. The van der Waals surface area contributed by atoms with Crippen molar-refractivity contribution in [1.82, 2.24) is 4.90 Å². The van der Waals surface area contributed by atoms with Crippen LogP contribution in [0, 0.1) is 0 Å². The van der Waals surface area contributed by atoms with Gasteiger partial charge in [0.2, 0.25) is 0 Å². The first kappa shape index (κ1) is 11.4. The van der Waals surface area contributed by atoms with Gasteiger partial charge in [0.25, 0.3) is 0 Å². The summed E-state index contributed by atoms with van der Waals surface area (Å²) in [6.07, 6.45) is 0. The molecule has 0 aromatic heterocycles. The average Bonchev–Trinajstić information content (AvgIpc) is 2.59. The molecule has 88 valence electrons. The Kier molecular flexibility index (Phi) is 3.46. The Morgan fingerprint density at radius 1 is 1.31 bits per heavy atom. The predicted molar refractivity (Wildman–Crippen MR) is 65.8 cm³/mol. The molecule has 3 nitrogen and oxygen atoms in total. The number of likely N-dealkylation sites (tertiary alicyclic amines) is 1. The van der Waals surface area contributed by atoms with E-state index in [-0.39, 0.29) is 6.04 Å². The maximum absolute atomic E-state index is 6.13. The third-order valence-corrected chi connectivity index (χ3v) is 3.17. The number of nitrogens with zero attached hydrogens (tertiary/aromatic N) is 1. The third kappa shape index (κ3) is 2.36. The lowest BCUT2D eigenvalue weighted by molar-refractivity contribution is 0.340. The van der Waals surface area contributed by atoms with Crippen LogP contribution in [0.2, 0.25) is 0 Å². The van der Waals surface area contributed by atoms with Gasteiger partial charge in [0.1, 0.15) is 5.75 Å². The molecule has 3 heteroatoms. The standard InChI is InChI=1S/C13H20N2O/c1-3-16-11-6-4-10(5-7-11)12-8-15(2)9-13(12)14/h4-7,12-13H,3,8-9,14H2,1-2H3/t12-,13-/m1/s1. The lowest BCUT2D eigenvalue weighted by atomic mass is 9.95. The summed E-state index contributed by atoms with van der Waals surface area (Å²) in [7, 11) is 2.12. The summed E-state index contributed by atoms with van der Waals surface area (Å²) >= 11 is 0. The highest BCUT2D eigenvalue weighted by molar-refractivity contribution is 5.31. The van der Waals surface area contributed by atoms with Crippen molar-refractivity contribution in [3.05, 3.63) is 29.8 Å². The van der Waals surface area contributed by atoms with E-state index in [9.17, 15) is 0 Å². The fourth-order valence-corrected chi connectivity index (χ4v) is 2.36. The average molecular weight is 220 g/mol. The van der Waals surface area contributed by atoms with Crippen molar-refractivity contribution < 1.29 is 4.74 Å². The van der Waals surface area contributed by atoms with Gasteiger partial charge in [-0.05, 0) is 31.7 Å². The molecule has 2 N–H and O–H groups in total. The fourth-order valence-electron chi connectivity index (χ4n) is 2.36. The van der Waals surface area contributed by atoms with Gasteiger partial charge in [0, 0.05) is 25.0 Å². The summed E-state index contributed by atoms with van der Waals surface area (Å²) in [5.74, 6) is 1.40. The van der Waals surface area contributed by atoms with E-state index in [2.05, 4.69) is 24.1 Å². The maximum atomic E-state index is 6.13. The Labute approximate surface area is 97.2 Å². The van der Waals surface area contributed by atoms with E-state index in [1.165, 1.54) is 5.56 Å². The molecule has 1 aromatic carbocycles. The van der Waals surface area contributed by atoms with Gasteiger partial charge in [-0.2, -0.15) is 0 Å². The molecular formula is C13H20N2O. The molecule has 2 rings (SSSR count). The van der Waals surface area contributed by atoms with E-state index in [1.54, 1.807) is 0 Å². The Morgan fingerprint density at radius 3 is 2.50 bits per heavy atom. The number of ether oxygens (including phenoxy) is 1. The molecule has 2 atom stereocenters. The van der Waals surface area contributed by atoms with Crippen molar-refractivity contribution in [3.63, 3.8) is 0 Å². The maximum Gasteiger partial charge on any atom is 0.119 e. The van der Waals surface area contributed by atoms with Crippen LogP contribution in [0.5, 0.6) is 5.75 Å². The molecule has 1 aromatic rings. The fraction of sp³-hybridized carbons (Fsp3) is 0.538. The number of nitrogens with two attached hydrogens (primary N) is 1. The van der Waals surface area contributed by atoms with Crippen LogP contribution in [0.3, 0.4) is 0 Å². The second-order valence-corrected chi connectivity index (χ2v) is 4.49. The van der Waals surface area contributed by atoms with Crippen molar-refractivity contribution >= 4 is 0 Å². The first-order valence-electron chi connectivity index (χ1n) is 5.87. The van der Waals surface area contributed by atoms with E-state index in [1.807, 2.05) is 19.1 Å². The highest BCUT2D eigenvalue weighted by atomic mass is 16.5. The van der Waals surface area contributed by atoms with Gasteiger partial charge in [-0.3, -0.25) is 0 Å². The van der Waals surface area contributed by atoms with E-state index >= 15 is 0 Å². The SMILES string of the molecule is CCOc1ccc([C@H]2CN(C)C[C@H]2N)cc1. The van der Waals surface area contributed by atoms with Gasteiger partial charge in [-0.1, -0.05) is 12.1 Å². The van der Waals surface area contributed by atoms with Crippen molar-refractivity contribution in [2.75, 3.05) is 26.7 Å². The summed E-state index contributed by atoms with van der Waals surface area (Å²) in [5, 5.41) is 0. The van der Waals surface area contributed by atoms with Gasteiger partial charge < -0.3 is 15.4 Å². The van der Waals surface area contributed by atoms with E-state index in [0.717, 1.165) is 18.8 Å². The predicted octanol–water partition coefficient (Wildman–Crippen LogP) is 1.44. The second-order valence-electron chi connectivity index (χ2n) is 4.49.